The summed E-state index contributed by atoms with van der Waals surface area (Å²) in [5.41, 5.74) is 2.57. The van der Waals surface area contributed by atoms with Crippen LogP contribution in [-0.4, -0.2) is 0 Å². The summed E-state index contributed by atoms with van der Waals surface area (Å²) >= 11 is 0. The summed E-state index contributed by atoms with van der Waals surface area (Å²) in [5.74, 6) is 0.864. The summed E-state index contributed by atoms with van der Waals surface area (Å²) in [6.07, 6.45) is 4.12. The van der Waals surface area contributed by atoms with E-state index in [4.69, 9.17) is 0 Å². The van der Waals surface area contributed by atoms with Crippen LogP contribution in [0.15, 0.2) is 36.4 Å². The summed E-state index contributed by atoms with van der Waals surface area (Å²) in [5, 5.41) is 0. The standard InChI is InChI=1S/C20H21F2/c1-13-3-7-15(8-4-13)17-11-18(21)20(19(22)12-17)16-9-5-14(2)6-10-16/h5-6,9-12,15H,3-4,7-8H2,1-2H3. The van der Waals surface area contributed by atoms with Crippen LogP contribution in [0.25, 0.3) is 11.1 Å². The third kappa shape index (κ3) is 3.06. The van der Waals surface area contributed by atoms with Crippen LogP contribution in [0.3, 0.4) is 0 Å². The molecule has 0 amide bonds. The first-order chi connectivity index (χ1) is 10.5. The molecule has 115 valence electrons. The van der Waals surface area contributed by atoms with E-state index in [1.54, 1.807) is 12.1 Å². The first-order valence-electron chi connectivity index (χ1n) is 7.92. The summed E-state index contributed by atoms with van der Waals surface area (Å²) in [4.78, 5) is 0. The van der Waals surface area contributed by atoms with Gasteiger partial charge in [0.2, 0.25) is 0 Å². The summed E-state index contributed by atoms with van der Waals surface area (Å²) in [7, 11) is 0. The molecule has 1 saturated carbocycles. The van der Waals surface area contributed by atoms with E-state index in [-0.39, 0.29) is 11.5 Å². The van der Waals surface area contributed by atoms with E-state index in [1.807, 2.05) is 19.1 Å². The molecule has 2 aromatic rings. The van der Waals surface area contributed by atoms with Crippen LogP contribution in [0.4, 0.5) is 8.78 Å². The fraction of sp³-hybridized carbons (Fsp3) is 0.350. The quantitative estimate of drug-likeness (QED) is 0.620. The minimum absolute atomic E-state index is 0.0855. The van der Waals surface area contributed by atoms with Crippen molar-refractivity contribution < 1.29 is 8.78 Å². The van der Waals surface area contributed by atoms with Crippen LogP contribution >= 0.6 is 0 Å². The normalized spacial score (nSPS) is 16.9. The first kappa shape index (κ1) is 15.2. The van der Waals surface area contributed by atoms with Crippen molar-refractivity contribution in [3.05, 3.63) is 65.1 Å². The third-order valence-electron chi connectivity index (χ3n) is 4.72. The Bertz CT molecular complexity index is 627. The molecule has 1 radical (unpaired) electrons. The number of hydrogen-bond donors (Lipinski definition) is 0. The highest BCUT2D eigenvalue weighted by atomic mass is 19.1. The van der Waals surface area contributed by atoms with Crippen molar-refractivity contribution in [2.45, 2.75) is 45.4 Å². The predicted molar refractivity (Wildman–Crippen MR) is 86.7 cm³/mol. The van der Waals surface area contributed by atoms with Gasteiger partial charge in [0.05, 0.1) is 5.56 Å². The zero-order chi connectivity index (χ0) is 15.7. The molecule has 2 aromatic carbocycles. The molecule has 1 aliphatic rings. The van der Waals surface area contributed by atoms with Gasteiger partial charge in [-0.2, -0.15) is 0 Å². The summed E-state index contributed by atoms with van der Waals surface area (Å²) in [6, 6.07) is 10.4. The van der Waals surface area contributed by atoms with Gasteiger partial charge in [-0.05, 0) is 67.7 Å². The molecule has 0 aromatic heterocycles. The zero-order valence-corrected chi connectivity index (χ0v) is 13.1. The van der Waals surface area contributed by atoms with Gasteiger partial charge in [-0.1, -0.05) is 36.8 Å². The molecule has 0 heterocycles. The topological polar surface area (TPSA) is 0 Å². The predicted octanol–water partition coefficient (Wildman–Crippen LogP) is 6.19. The van der Waals surface area contributed by atoms with Gasteiger partial charge in [0.25, 0.3) is 0 Å². The Kier molecular flexibility index (Phi) is 4.28. The maximum Gasteiger partial charge on any atom is 0.134 e. The van der Waals surface area contributed by atoms with Crippen LogP contribution in [0.1, 0.15) is 49.7 Å². The highest BCUT2D eigenvalue weighted by Gasteiger charge is 2.22. The van der Waals surface area contributed by atoms with Crippen LogP contribution in [0, 0.1) is 24.5 Å². The van der Waals surface area contributed by atoms with Gasteiger partial charge in [0.15, 0.2) is 0 Å². The number of rotatable bonds is 2. The summed E-state index contributed by atoms with van der Waals surface area (Å²) < 4.78 is 29.0. The Labute approximate surface area is 131 Å². The van der Waals surface area contributed by atoms with E-state index in [2.05, 4.69) is 6.92 Å². The maximum absolute atomic E-state index is 14.5. The van der Waals surface area contributed by atoms with Crippen molar-refractivity contribution in [3.8, 4) is 11.1 Å². The van der Waals surface area contributed by atoms with E-state index in [0.717, 1.165) is 36.8 Å². The van der Waals surface area contributed by atoms with Crippen LogP contribution in [0.2, 0.25) is 0 Å². The lowest BCUT2D eigenvalue weighted by atomic mass is 9.79. The molecule has 2 heteroatoms. The van der Waals surface area contributed by atoms with Crippen LogP contribution < -0.4 is 0 Å². The second-order valence-corrected chi connectivity index (χ2v) is 6.46. The molecular weight excluding hydrogens is 278 g/mol. The smallest absolute Gasteiger partial charge is 0.134 e. The molecule has 22 heavy (non-hydrogen) atoms. The van der Waals surface area contributed by atoms with Crippen LogP contribution in [0.5, 0.6) is 0 Å². The minimum Gasteiger partial charge on any atom is -0.206 e. The van der Waals surface area contributed by atoms with Crippen molar-refractivity contribution >= 4 is 0 Å². The Hall–Kier alpha value is -1.70. The number of benzene rings is 2. The lowest BCUT2D eigenvalue weighted by Crippen LogP contribution is -2.10. The summed E-state index contributed by atoms with van der Waals surface area (Å²) in [6.45, 7) is 4.12. The largest absolute Gasteiger partial charge is 0.206 e. The Morgan fingerprint density at radius 2 is 1.41 bits per heavy atom. The monoisotopic (exact) mass is 299 g/mol. The van der Waals surface area contributed by atoms with Gasteiger partial charge in [0.1, 0.15) is 11.6 Å². The van der Waals surface area contributed by atoms with E-state index < -0.39 is 11.6 Å². The number of aryl methyl sites for hydroxylation is 1. The molecule has 0 saturated heterocycles. The second-order valence-electron chi connectivity index (χ2n) is 6.46. The molecule has 1 aliphatic carbocycles. The number of halogens is 2. The average molecular weight is 299 g/mol. The van der Waals surface area contributed by atoms with Gasteiger partial charge >= 0.3 is 0 Å². The molecule has 0 spiro atoms. The molecule has 0 N–H and O–H groups in total. The van der Waals surface area contributed by atoms with Gasteiger partial charge in [0, 0.05) is 0 Å². The first-order valence-corrected chi connectivity index (χ1v) is 7.92. The van der Waals surface area contributed by atoms with Crippen molar-refractivity contribution in [1.29, 1.82) is 0 Å². The fourth-order valence-corrected chi connectivity index (χ4v) is 3.27. The lowest BCUT2D eigenvalue weighted by Gasteiger charge is -2.26. The van der Waals surface area contributed by atoms with Gasteiger partial charge < -0.3 is 0 Å². The SMILES string of the molecule is C[C]1CCC(c2cc(F)c(-c3ccc(C)cc3)c(F)c2)CC1. The van der Waals surface area contributed by atoms with E-state index in [9.17, 15) is 8.78 Å². The second kappa shape index (κ2) is 6.20. The molecule has 1 fully saturated rings. The van der Waals surface area contributed by atoms with Crippen LogP contribution in [-0.2, 0) is 0 Å². The van der Waals surface area contributed by atoms with Crippen molar-refractivity contribution in [1.82, 2.24) is 0 Å². The molecule has 0 nitrogen and oxygen atoms in total. The van der Waals surface area contributed by atoms with E-state index >= 15 is 0 Å². The molecular formula is C20H21F2. The molecule has 0 aliphatic heterocycles. The van der Waals surface area contributed by atoms with Crippen molar-refractivity contribution in [3.63, 3.8) is 0 Å². The molecule has 0 atom stereocenters. The fourth-order valence-electron chi connectivity index (χ4n) is 3.27. The molecule has 0 bridgehead atoms. The van der Waals surface area contributed by atoms with Gasteiger partial charge in [-0.3, -0.25) is 0 Å². The van der Waals surface area contributed by atoms with Crippen molar-refractivity contribution in [2.24, 2.45) is 0 Å². The van der Waals surface area contributed by atoms with E-state index in [1.165, 1.54) is 18.1 Å². The lowest BCUT2D eigenvalue weighted by molar-refractivity contribution is 0.467. The highest BCUT2D eigenvalue weighted by molar-refractivity contribution is 5.65. The maximum atomic E-state index is 14.5. The Balaban J connectivity index is 1.93. The van der Waals surface area contributed by atoms with E-state index in [0.29, 0.717) is 5.56 Å². The Morgan fingerprint density at radius 3 is 1.95 bits per heavy atom. The molecule has 3 rings (SSSR count). The molecule has 0 unspecified atom stereocenters. The number of hydrogen-bond acceptors (Lipinski definition) is 0. The zero-order valence-electron chi connectivity index (χ0n) is 13.1. The van der Waals surface area contributed by atoms with Gasteiger partial charge in [-0.25, -0.2) is 8.78 Å². The average Bonchev–Trinajstić information content (AvgIpc) is 2.49. The highest BCUT2D eigenvalue weighted by Crippen LogP contribution is 2.38. The van der Waals surface area contributed by atoms with Crippen molar-refractivity contribution in [2.75, 3.05) is 0 Å². The Morgan fingerprint density at radius 1 is 0.864 bits per heavy atom. The minimum atomic E-state index is -0.454. The van der Waals surface area contributed by atoms with Gasteiger partial charge in [-0.15, -0.1) is 0 Å². The third-order valence-corrected chi connectivity index (χ3v) is 4.72.